The van der Waals surface area contributed by atoms with Crippen molar-refractivity contribution in [2.24, 2.45) is 0 Å². The molecule has 4 aromatic heterocycles. The van der Waals surface area contributed by atoms with Crippen molar-refractivity contribution in [2.45, 2.75) is 6.92 Å². The minimum absolute atomic E-state index is 0.456. The van der Waals surface area contributed by atoms with Gasteiger partial charge in [0.1, 0.15) is 5.69 Å². The summed E-state index contributed by atoms with van der Waals surface area (Å²) in [5.74, 6) is -0.549. The molecule has 0 saturated heterocycles. The third kappa shape index (κ3) is 2.78. The standard InChI is InChI=1S/C19H14FN5/c1-11(2)12-6-13(9-21-8-12)16-7-17-14(10-22-25-17)19(24-16)15-4-3-5-18(20)23-15/h3-10H,1H2,2H3,(H,22,25). The molecule has 0 aliphatic carbocycles. The number of nitrogens with zero attached hydrogens (tertiary/aromatic N) is 4. The molecule has 0 saturated carbocycles. The summed E-state index contributed by atoms with van der Waals surface area (Å²) in [6.45, 7) is 5.87. The van der Waals surface area contributed by atoms with Gasteiger partial charge in [-0.25, -0.2) is 9.97 Å². The fourth-order valence-electron chi connectivity index (χ4n) is 2.64. The number of hydrogen-bond acceptors (Lipinski definition) is 4. The van der Waals surface area contributed by atoms with Gasteiger partial charge in [-0.15, -0.1) is 0 Å². The topological polar surface area (TPSA) is 67.3 Å². The Morgan fingerprint density at radius 2 is 1.96 bits per heavy atom. The first kappa shape index (κ1) is 15.1. The van der Waals surface area contributed by atoms with Gasteiger partial charge < -0.3 is 0 Å². The zero-order valence-electron chi connectivity index (χ0n) is 13.5. The zero-order chi connectivity index (χ0) is 17.4. The summed E-state index contributed by atoms with van der Waals surface area (Å²) in [5.41, 5.74) is 5.23. The zero-order valence-corrected chi connectivity index (χ0v) is 13.5. The minimum Gasteiger partial charge on any atom is -0.278 e. The number of pyridine rings is 3. The summed E-state index contributed by atoms with van der Waals surface area (Å²) < 4.78 is 13.6. The highest BCUT2D eigenvalue weighted by atomic mass is 19.1. The molecular formula is C19H14FN5. The van der Waals surface area contributed by atoms with E-state index in [9.17, 15) is 4.39 Å². The number of rotatable bonds is 3. The molecule has 0 aliphatic rings. The first-order valence-corrected chi connectivity index (χ1v) is 7.70. The molecule has 4 heterocycles. The third-order valence-corrected chi connectivity index (χ3v) is 3.92. The van der Waals surface area contributed by atoms with E-state index in [0.717, 1.165) is 27.6 Å². The summed E-state index contributed by atoms with van der Waals surface area (Å²) in [4.78, 5) is 12.9. The number of nitrogens with one attached hydrogen (secondary N) is 1. The molecule has 0 atom stereocenters. The molecule has 0 aliphatic heterocycles. The van der Waals surface area contributed by atoms with E-state index in [-0.39, 0.29) is 0 Å². The van der Waals surface area contributed by atoms with Crippen molar-refractivity contribution >= 4 is 16.5 Å². The van der Waals surface area contributed by atoms with Gasteiger partial charge in [-0.3, -0.25) is 10.1 Å². The lowest BCUT2D eigenvalue weighted by Gasteiger charge is -2.08. The normalized spacial score (nSPS) is 11.0. The van der Waals surface area contributed by atoms with Crippen LogP contribution in [0, 0.1) is 5.95 Å². The predicted molar refractivity (Wildman–Crippen MR) is 95.0 cm³/mol. The average Bonchev–Trinajstić information content (AvgIpc) is 3.09. The SMILES string of the molecule is C=C(C)c1cncc(-c2cc3[nH]ncc3c(-c3cccc(F)n3)n2)c1. The van der Waals surface area contributed by atoms with Crippen LogP contribution in [-0.4, -0.2) is 25.1 Å². The smallest absolute Gasteiger partial charge is 0.213 e. The van der Waals surface area contributed by atoms with Crippen LogP contribution in [0.2, 0.25) is 0 Å². The van der Waals surface area contributed by atoms with E-state index < -0.39 is 5.95 Å². The molecule has 0 radical (unpaired) electrons. The van der Waals surface area contributed by atoms with E-state index in [0.29, 0.717) is 17.1 Å². The molecule has 0 amide bonds. The molecule has 0 bridgehead atoms. The molecule has 0 fully saturated rings. The highest BCUT2D eigenvalue weighted by molar-refractivity contribution is 5.93. The number of halogens is 1. The third-order valence-electron chi connectivity index (χ3n) is 3.92. The van der Waals surface area contributed by atoms with E-state index in [1.54, 1.807) is 30.7 Å². The average molecular weight is 331 g/mol. The van der Waals surface area contributed by atoms with Crippen molar-refractivity contribution < 1.29 is 4.39 Å². The van der Waals surface area contributed by atoms with Crippen LogP contribution in [0.5, 0.6) is 0 Å². The Labute approximate surface area is 143 Å². The Kier molecular flexibility index (Phi) is 3.57. The maximum absolute atomic E-state index is 13.6. The van der Waals surface area contributed by atoms with Gasteiger partial charge in [0.15, 0.2) is 0 Å². The van der Waals surface area contributed by atoms with E-state index in [2.05, 4.69) is 26.7 Å². The predicted octanol–water partition coefficient (Wildman–Crippen LogP) is 4.25. The summed E-state index contributed by atoms with van der Waals surface area (Å²) in [7, 11) is 0. The monoisotopic (exact) mass is 331 g/mol. The van der Waals surface area contributed by atoms with Crippen molar-refractivity contribution in [3.05, 3.63) is 67.0 Å². The molecule has 4 aromatic rings. The number of H-pyrrole nitrogens is 1. The van der Waals surface area contributed by atoms with Gasteiger partial charge in [-0.2, -0.15) is 9.49 Å². The van der Waals surface area contributed by atoms with Gasteiger partial charge in [0, 0.05) is 23.3 Å². The molecule has 25 heavy (non-hydrogen) atoms. The van der Waals surface area contributed by atoms with E-state index >= 15 is 0 Å². The Hall–Kier alpha value is -3.41. The van der Waals surface area contributed by atoms with Crippen LogP contribution in [0.15, 0.2) is 55.5 Å². The van der Waals surface area contributed by atoms with Gasteiger partial charge in [-0.1, -0.05) is 12.6 Å². The highest BCUT2D eigenvalue weighted by Crippen LogP contribution is 2.29. The van der Waals surface area contributed by atoms with Gasteiger partial charge >= 0.3 is 0 Å². The largest absolute Gasteiger partial charge is 0.278 e. The van der Waals surface area contributed by atoms with Crippen LogP contribution in [0.3, 0.4) is 0 Å². The Morgan fingerprint density at radius 3 is 2.76 bits per heavy atom. The summed E-state index contributed by atoms with van der Waals surface area (Å²) in [5, 5.41) is 7.80. The number of allylic oxidation sites excluding steroid dienone is 1. The van der Waals surface area contributed by atoms with Crippen LogP contribution in [0.25, 0.3) is 39.1 Å². The van der Waals surface area contributed by atoms with Gasteiger partial charge in [0.05, 0.1) is 23.1 Å². The minimum atomic E-state index is -0.549. The molecule has 1 N–H and O–H groups in total. The summed E-state index contributed by atoms with van der Waals surface area (Å²) >= 11 is 0. The van der Waals surface area contributed by atoms with Crippen molar-refractivity contribution in [3.63, 3.8) is 0 Å². The molecule has 6 heteroatoms. The quantitative estimate of drug-likeness (QED) is 0.570. The van der Waals surface area contributed by atoms with Crippen molar-refractivity contribution in [1.29, 1.82) is 0 Å². The van der Waals surface area contributed by atoms with Gasteiger partial charge in [-0.05, 0) is 42.3 Å². The number of aromatic nitrogens is 5. The van der Waals surface area contributed by atoms with Crippen molar-refractivity contribution in [2.75, 3.05) is 0 Å². The second kappa shape index (κ2) is 5.90. The van der Waals surface area contributed by atoms with E-state index in [4.69, 9.17) is 4.98 Å². The summed E-state index contributed by atoms with van der Waals surface area (Å²) in [6.07, 6.45) is 5.16. The maximum atomic E-state index is 13.6. The van der Waals surface area contributed by atoms with Crippen LogP contribution >= 0.6 is 0 Å². The van der Waals surface area contributed by atoms with Gasteiger partial charge in [0.2, 0.25) is 5.95 Å². The molecule has 0 spiro atoms. The molecule has 122 valence electrons. The first-order chi connectivity index (χ1) is 12.1. The van der Waals surface area contributed by atoms with Crippen molar-refractivity contribution in [3.8, 4) is 22.6 Å². The highest BCUT2D eigenvalue weighted by Gasteiger charge is 2.13. The first-order valence-electron chi connectivity index (χ1n) is 7.70. The Bertz CT molecular complexity index is 1100. The maximum Gasteiger partial charge on any atom is 0.213 e. The van der Waals surface area contributed by atoms with Crippen LogP contribution in [0.4, 0.5) is 4.39 Å². The molecule has 0 unspecified atom stereocenters. The second-order valence-corrected chi connectivity index (χ2v) is 5.78. The molecule has 4 rings (SSSR count). The van der Waals surface area contributed by atoms with Crippen LogP contribution in [-0.2, 0) is 0 Å². The molecule has 5 nitrogen and oxygen atoms in total. The lowest BCUT2D eigenvalue weighted by Crippen LogP contribution is -1.94. The molecular weight excluding hydrogens is 317 g/mol. The lowest BCUT2D eigenvalue weighted by molar-refractivity contribution is 0.585. The van der Waals surface area contributed by atoms with E-state index in [1.165, 1.54) is 6.07 Å². The second-order valence-electron chi connectivity index (χ2n) is 5.78. The summed E-state index contributed by atoms with van der Waals surface area (Å²) in [6, 6.07) is 8.51. The molecule has 0 aromatic carbocycles. The van der Waals surface area contributed by atoms with Crippen LogP contribution in [0.1, 0.15) is 12.5 Å². The van der Waals surface area contributed by atoms with Crippen molar-refractivity contribution in [1.82, 2.24) is 25.1 Å². The number of hydrogen-bond donors (Lipinski definition) is 1. The Morgan fingerprint density at radius 1 is 1.08 bits per heavy atom. The van der Waals surface area contributed by atoms with E-state index in [1.807, 2.05) is 19.1 Å². The number of fused-ring (bicyclic) bond motifs is 1. The lowest BCUT2D eigenvalue weighted by atomic mass is 10.1. The Balaban J connectivity index is 1.95. The fourth-order valence-corrected chi connectivity index (χ4v) is 2.64. The number of aromatic amines is 1. The fraction of sp³-hybridized carbons (Fsp3) is 0.0526. The van der Waals surface area contributed by atoms with Gasteiger partial charge in [0.25, 0.3) is 0 Å². The van der Waals surface area contributed by atoms with Crippen LogP contribution < -0.4 is 0 Å².